The molecule has 2 N–H and O–H groups in total. The Labute approximate surface area is 112 Å². The van der Waals surface area contributed by atoms with Gasteiger partial charge in [-0.3, -0.25) is 4.79 Å². The molecule has 98 valence electrons. The lowest BCUT2D eigenvalue weighted by Crippen LogP contribution is -2.20. The molecule has 1 heterocycles. The van der Waals surface area contributed by atoms with Gasteiger partial charge in [0.15, 0.2) is 0 Å². The average Bonchev–Trinajstić information content (AvgIpc) is 2.93. The predicted molar refractivity (Wildman–Crippen MR) is 76.4 cm³/mol. The van der Waals surface area contributed by atoms with Crippen molar-refractivity contribution in [2.45, 2.75) is 13.3 Å². The second kappa shape index (κ2) is 6.54. The van der Waals surface area contributed by atoms with Gasteiger partial charge in [0.1, 0.15) is 0 Å². The first-order valence-corrected chi connectivity index (χ1v) is 6.25. The summed E-state index contributed by atoms with van der Waals surface area (Å²) in [6.07, 6.45) is 8.42. The van der Waals surface area contributed by atoms with Crippen molar-refractivity contribution in [2.75, 3.05) is 6.54 Å². The van der Waals surface area contributed by atoms with Crippen molar-refractivity contribution >= 4 is 12.0 Å². The van der Waals surface area contributed by atoms with E-state index in [1.807, 2.05) is 0 Å². The SMILES string of the molecule is CC(=O)NCCC=Cc1ccc(-c2cnc[nH]2)cc1. The Kier molecular flexibility index (Phi) is 4.50. The average molecular weight is 255 g/mol. The fourth-order valence-corrected chi connectivity index (χ4v) is 1.74. The monoisotopic (exact) mass is 255 g/mol. The third-order valence-electron chi connectivity index (χ3n) is 2.72. The van der Waals surface area contributed by atoms with E-state index in [1.165, 1.54) is 6.92 Å². The Balaban J connectivity index is 1.88. The van der Waals surface area contributed by atoms with Crippen LogP contribution < -0.4 is 5.32 Å². The van der Waals surface area contributed by atoms with Crippen molar-refractivity contribution in [3.63, 3.8) is 0 Å². The standard InChI is InChI=1S/C15H17N3O/c1-12(19)17-9-3-2-4-13-5-7-14(8-6-13)15-10-16-11-18-15/h2,4-8,10-11H,3,9H2,1H3,(H,16,18)(H,17,19). The van der Waals surface area contributed by atoms with E-state index in [2.05, 4.69) is 51.7 Å². The number of nitrogens with zero attached hydrogens (tertiary/aromatic N) is 1. The van der Waals surface area contributed by atoms with Crippen molar-refractivity contribution in [2.24, 2.45) is 0 Å². The first-order chi connectivity index (χ1) is 9.25. The van der Waals surface area contributed by atoms with Gasteiger partial charge in [-0.1, -0.05) is 36.4 Å². The van der Waals surface area contributed by atoms with Gasteiger partial charge in [0.2, 0.25) is 5.91 Å². The van der Waals surface area contributed by atoms with Crippen molar-refractivity contribution in [1.29, 1.82) is 0 Å². The molecular weight excluding hydrogens is 238 g/mol. The Morgan fingerprint density at radius 2 is 2.16 bits per heavy atom. The summed E-state index contributed by atoms with van der Waals surface area (Å²) in [4.78, 5) is 17.8. The molecule has 0 saturated carbocycles. The van der Waals surface area contributed by atoms with Crippen LogP contribution in [-0.4, -0.2) is 22.4 Å². The summed E-state index contributed by atoms with van der Waals surface area (Å²) >= 11 is 0. The lowest BCUT2D eigenvalue weighted by Gasteiger charge is -1.99. The number of imidazole rings is 1. The number of carbonyl (C=O) groups is 1. The van der Waals surface area contributed by atoms with Crippen LogP contribution in [-0.2, 0) is 4.79 Å². The molecule has 4 heteroatoms. The van der Waals surface area contributed by atoms with E-state index in [0.717, 1.165) is 23.2 Å². The maximum atomic E-state index is 10.7. The summed E-state index contributed by atoms with van der Waals surface area (Å²) in [6.45, 7) is 2.20. The third kappa shape index (κ3) is 4.10. The molecule has 0 saturated heterocycles. The smallest absolute Gasteiger partial charge is 0.216 e. The molecule has 0 aliphatic heterocycles. The Bertz CT molecular complexity index is 541. The molecule has 0 radical (unpaired) electrons. The molecule has 0 fully saturated rings. The first-order valence-electron chi connectivity index (χ1n) is 6.25. The lowest BCUT2D eigenvalue weighted by atomic mass is 10.1. The Morgan fingerprint density at radius 1 is 1.37 bits per heavy atom. The maximum Gasteiger partial charge on any atom is 0.216 e. The number of benzene rings is 1. The molecule has 19 heavy (non-hydrogen) atoms. The molecule has 1 aromatic carbocycles. The zero-order chi connectivity index (χ0) is 13.5. The normalized spacial score (nSPS) is 10.8. The minimum Gasteiger partial charge on any atom is -0.356 e. The fraction of sp³-hybridized carbons (Fsp3) is 0.200. The Morgan fingerprint density at radius 3 is 2.79 bits per heavy atom. The molecule has 0 unspecified atom stereocenters. The molecule has 4 nitrogen and oxygen atoms in total. The molecule has 2 rings (SSSR count). The highest BCUT2D eigenvalue weighted by Gasteiger charge is 1.97. The summed E-state index contributed by atoms with van der Waals surface area (Å²) in [5, 5.41) is 2.76. The van der Waals surface area contributed by atoms with Crippen LogP contribution >= 0.6 is 0 Å². The van der Waals surface area contributed by atoms with Gasteiger partial charge in [0.05, 0.1) is 18.2 Å². The van der Waals surface area contributed by atoms with E-state index < -0.39 is 0 Å². The van der Waals surface area contributed by atoms with Gasteiger partial charge in [-0.05, 0) is 17.5 Å². The van der Waals surface area contributed by atoms with Crippen molar-refractivity contribution in [3.05, 3.63) is 48.4 Å². The topological polar surface area (TPSA) is 57.8 Å². The lowest BCUT2D eigenvalue weighted by molar-refractivity contribution is -0.118. The highest BCUT2D eigenvalue weighted by molar-refractivity contribution is 5.72. The van der Waals surface area contributed by atoms with Gasteiger partial charge < -0.3 is 10.3 Å². The van der Waals surface area contributed by atoms with Crippen LogP contribution in [0.15, 0.2) is 42.9 Å². The van der Waals surface area contributed by atoms with Gasteiger partial charge in [-0.25, -0.2) is 4.98 Å². The van der Waals surface area contributed by atoms with E-state index in [0.29, 0.717) is 6.54 Å². The second-order valence-corrected chi connectivity index (χ2v) is 4.26. The number of amides is 1. The molecule has 0 aliphatic rings. The van der Waals surface area contributed by atoms with E-state index in [1.54, 1.807) is 12.5 Å². The molecular formula is C15H17N3O. The van der Waals surface area contributed by atoms with Gasteiger partial charge >= 0.3 is 0 Å². The zero-order valence-corrected chi connectivity index (χ0v) is 10.9. The molecule has 0 bridgehead atoms. The van der Waals surface area contributed by atoms with Crippen LogP contribution in [0.25, 0.3) is 17.3 Å². The number of hydrogen-bond donors (Lipinski definition) is 2. The van der Waals surface area contributed by atoms with Crippen LogP contribution in [0, 0.1) is 0 Å². The van der Waals surface area contributed by atoms with Gasteiger partial charge in [-0.15, -0.1) is 0 Å². The number of aromatic nitrogens is 2. The predicted octanol–water partition coefficient (Wildman–Crippen LogP) is 2.62. The van der Waals surface area contributed by atoms with Gasteiger partial charge in [0, 0.05) is 13.5 Å². The number of H-pyrrole nitrogens is 1. The van der Waals surface area contributed by atoms with Crippen LogP contribution in [0.1, 0.15) is 18.9 Å². The van der Waals surface area contributed by atoms with Crippen molar-refractivity contribution in [3.8, 4) is 11.3 Å². The molecule has 1 amide bonds. The second-order valence-electron chi connectivity index (χ2n) is 4.26. The highest BCUT2D eigenvalue weighted by atomic mass is 16.1. The van der Waals surface area contributed by atoms with Gasteiger partial charge in [-0.2, -0.15) is 0 Å². The van der Waals surface area contributed by atoms with Crippen LogP contribution in [0.3, 0.4) is 0 Å². The van der Waals surface area contributed by atoms with E-state index in [4.69, 9.17) is 0 Å². The van der Waals surface area contributed by atoms with Crippen LogP contribution in [0.2, 0.25) is 0 Å². The third-order valence-corrected chi connectivity index (χ3v) is 2.72. The van der Waals surface area contributed by atoms with Crippen molar-refractivity contribution in [1.82, 2.24) is 15.3 Å². The first kappa shape index (κ1) is 13.1. The largest absolute Gasteiger partial charge is 0.356 e. The van der Waals surface area contributed by atoms with Crippen LogP contribution in [0.5, 0.6) is 0 Å². The van der Waals surface area contributed by atoms with E-state index in [9.17, 15) is 4.79 Å². The summed E-state index contributed by atoms with van der Waals surface area (Å²) in [5.41, 5.74) is 3.28. The molecule has 0 spiro atoms. The van der Waals surface area contributed by atoms with Gasteiger partial charge in [0.25, 0.3) is 0 Å². The fourth-order valence-electron chi connectivity index (χ4n) is 1.74. The maximum absolute atomic E-state index is 10.7. The van der Waals surface area contributed by atoms with Crippen molar-refractivity contribution < 1.29 is 4.79 Å². The summed E-state index contributed by atoms with van der Waals surface area (Å²) < 4.78 is 0. The van der Waals surface area contributed by atoms with E-state index >= 15 is 0 Å². The number of hydrogen-bond acceptors (Lipinski definition) is 2. The molecule has 2 aromatic rings. The zero-order valence-electron chi connectivity index (χ0n) is 10.9. The summed E-state index contributed by atoms with van der Waals surface area (Å²) in [7, 11) is 0. The Hall–Kier alpha value is -2.36. The number of aromatic amines is 1. The number of rotatable bonds is 5. The minimum absolute atomic E-state index is 0.0114. The minimum atomic E-state index is 0.0114. The molecule has 0 aliphatic carbocycles. The molecule has 0 atom stereocenters. The molecule has 1 aromatic heterocycles. The van der Waals surface area contributed by atoms with E-state index in [-0.39, 0.29) is 5.91 Å². The van der Waals surface area contributed by atoms with Crippen LogP contribution in [0.4, 0.5) is 0 Å². The number of carbonyl (C=O) groups excluding carboxylic acids is 1. The number of nitrogens with one attached hydrogen (secondary N) is 2. The summed E-state index contributed by atoms with van der Waals surface area (Å²) in [5.74, 6) is 0.0114. The quantitative estimate of drug-likeness (QED) is 0.807. The summed E-state index contributed by atoms with van der Waals surface area (Å²) in [6, 6.07) is 8.23. The highest BCUT2D eigenvalue weighted by Crippen LogP contribution is 2.16.